The van der Waals surface area contributed by atoms with Gasteiger partial charge in [0.1, 0.15) is 0 Å². The smallest absolute Gasteiger partial charge is 0.255 e. The van der Waals surface area contributed by atoms with E-state index >= 15 is 0 Å². The normalized spacial score (nSPS) is 13.3. The minimum absolute atomic E-state index is 0.0225. The van der Waals surface area contributed by atoms with Gasteiger partial charge in [0.25, 0.3) is 5.91 Å². The van der Waals surface area contributed by atoms with Crippen LogP contribution >= 0.6 is 0 Å². The Labute approximate surface area is 166 Å². The third-order valence-electron chi connectivity index (χ3n) is 4.99. The van der Waals surface area contributed by atoms with Crippen LogP contribution in [-0.4, -0.2) is 59.6 Å². The maximum absolute atomic E-state index is 13.2. The van der Waals surface area contributed by atoms with Gasteiger partial charge in [0.15, 0.2) is 0 Å². The topological polar surface area (TPSA) is 71.5 Å². The van der Waals surface area contributed by atoms with Crippen LogP contribution in [0.3, 0.4) is 0 Å². The van der Waals surface area contributed by atoms with Gasteiger partial charge in [-0.1, -0.05) is 0 Å². The van der Waals surface area contributed by atoms with E-state index in [9.17, 15) is 4.79 Å². The maximum Gasteiger partial charge on any atom is 0.255 e. The molecule has 3 rings (SSSR count). The van der Waals surface area contributed by atoms with Crippen molar-refractivity contribution in [3.8, 4) is 5.88 Å². The van der Waals surface area contributed by atoms with Gasteiger partial charge in [0.05, 0.1) is 18.4 Å². The van der Waals surface area contributed by atoms with E-state index in [2.05, 4.69) is 15.0 Å². The summed E-state index contributed by atoms with van der Waals surface area (Å²) in [6.07, 6.45) is 2.17. The minimum atomic E-state index is 0.0225. The second-order valence-corrected chi connectivity index (χ2v) is 7.32. The number of aromatic nitrogens is 3. The summed E-state index contributed by atoms with van der Waals surface area (Å²) in [6, 6.07) is 5.57. The van der Waals surface area contributed by atoms with E-state index < -0.39 is 0 Å². The molecule has 0 bridgehead atoms. The van der Waals surface area contributed by atoms with Crippen LogP contribution in [0.25, 0.3) is 0 Å². The molecule has 1 aliphatic carbocycles. The molecular formula is C21H29N5O2. The van der Waals surface area contributed by atoms with Crippen molar-refractivity contribution >= 4 is 11.9 Å². The summed E-state index contributed by atoms with van der Waals surface area (Å²) in [4.78, 5) is 30.6. The van der Waals surface area contributed by atoms with E-state index in [0.29, 0.717) is 42.9 Å². The monoisotopic (exact) mass is 383 g/mol. The summed E-state index contributed by atoms with van der Waals surface area (Å²) in [7, 11) is 3.56. The summed E-state index contributed by atoms with van der Waals surface area (Å²) < 4.78 is 5.24. The first-order valence-electron chi connectivity index (χ1n) is 9.80. The summed E-state index contributed by atoms with van der Waals surface area (Å²) in [5.41, 5.74) is 3.44. The zero-order valence-electron chi connectivity index (χ0n) is 17.4. The fourth-order valence-electron chi connectivity index (χ4n) is 3.24. The van der Waals surface area contributed by atoms with E-state index in [-0.39, 0.29) is 5.91 Å². The number of rotatable bonds is 8. The predicted octanol–water partition coefficient (Wildman–Crippen LogP) is 2.97. The van der Waals surface area contributed by atoms with E-state index in [4.69, 9.17) is 4.74 Å². The summed E-state index contributed by atoms with van der Waals surface area (Å²) >= 11 is 0. The molecule has 0 aliphatic heterocycles. The molecule has 0 atom stereocenters. The van der Waals surface area contributed by atoms with Crippen LogP contribution in [0.1, 0.15) is 53.1 Å². The van der Waals surface area contributed by atoms with E-state index in [1.54, 1.807) is 13.2 Å². The van der Waals surface area contributed by atoms with Gasteiger partial charge in [0.2, 0.25) is 11.8 Å². The van der Waals surface area contributed by atoms with Crippen molar-refractivity contribution in [3.63, 3.8) is 0 Å². The quantitative estimate of drug-likeness (QED) is 0.698. The Morgan fingerprint density at radius 1 is 1.14 bits per heavy atom. The molecule has 150 valence electrons. The molecule has 1 saturated carbocycles. The summed E-state index contributed by atoms with van der Waals surface area (Å²) in [5.74, 6) is 1.65. The molecule has 0 saturated heterocycles. The van der Waals surface area contributed by atoms with Gasteiger partial charge in [-0.3, -0.25) is 4.79 Å². The second kappa shape index (κ2) is 8.54. The summed E-state index contributed by atoms with van der Waals surface area (Å²) in [6.45, 7) is 7.81. The van der Waals surface area contributed by atoms with Gasteiger partial charge in [-0.25, -0.2) is 15.0 Å². The molecule has 28 heavy (non-hydrogen) atoms. The van der Waals surface area contributed by atoms with Crippen LogP contribution in [0.4, 0.5) is 5.95 Å². The Kier molecular flexibility index (Phi) is 6.11. The van der Waals surface area contributed by atoms with Gasteiger partial charge in [-0.15, -0.1) is 0 Å². The Morgan fingerprint density at radius 3 is 2.39 bits per heavy atom. The van der Waals surface area contributed by atoms with Crippen LogP contribution in [-0.2, 0) is 0 Å². The van der Waals surface area contributed by atoms with Crippen LogP contribution in [0.15, 0.2) is 18.2 Å². The van der Waals surface area contributed by atoms with Crippen molar-refractivity contribution in [1.82, 2.24) is 19.9 Å². The molecule has 1 fully saturated rings. The van der Waals surface area contributed by atoms with Gasteiger partial charge in [0, 0.05) is 50.1 Å². The van der Waals surface area contributed by atoms with Gasteiger partial charge >= 0.3 is 0 Å². The first-order chi connectivity index (χ1) is 13.4. The third kappa shape index (κ3) is 4.58. The molecule has 0 unspecified atom stereocenters. The average Bonchev–Trinajstić information content (AvgIpc) is 3.52. The van der Waals surface area contributed by atoms with E-state index in [1.807, 2.05) is 49.8 Å². The molecule has 2 aromatic rings. The van der Waals surface area contributed by atoms with Crippen molar-refractivity contribution in [1.29, 1.82) is 0 Å². The molecule has 2 heterocycles. The number of carbonyl (C=O) groups is 1. The lowest BCUT2D eigenvalue weighted by Crippen LogP contribution is -2.38. The highest BCUT2D eigenvalue weighted by Crippen LogP contribution is 2.41. The first kappa shape index (κ1) is 20.0. The molecular weight excluding hydrogens is 354 g/mol. The van der Waals surface area contributed by atoms with Gasteiger partial charge in [-0.05, 0) is 45.7 Å². The molecule has 0 aromatic carbocycles. The number of methoxy groups -OCH3 is 1. The van der Waals surface area contributed by atoms with Gasteiger partial charge < -0.3 is 14.5 Å². The number of hydrogen-bond donors (Lipinski definition) is 0. The molecule has 0 spiro atoms. The van der Waals surface area contributed by atoms with Crippen molar-refractivity contribution < 1.29 is 9.53 Å². The molecule has 2 aromatic heterocycles. The minimum Gasteiger partial charge on any atom is -0.481 e. The third-order valence-corrected chi connectivity index (χ3v) is 4.99. The number of aryl methyl sites for hydroxylation is 2. The highest BCUT2D eigenvalue weighted by Gasteiger charge is 2.31. The van der Waals surface area contributed by atoms with Crippen LogP contribution in [0.2, 0.25) is 0 Å². The van der Waals surface area contributed by atoms with Crippen molar-refractivity contribution in [3.05, 3.63) is 40.8 Å². The Morgan fingerprint density at radius 2 is 1.82 bits per heavy atom. The number of pyridine rings is 1. The Hall–Kier alpha value is -2.70. The predicted molar refractivity (Wildman–Crippen MR) is 109 cm³/mol. The largest absolute Gasteiger partial charge is 0.481 e. The van der Waals surface area contributed by atoms with Gasteiger partial charge in [-0.2, -0.15) is 0 Å². The number of likely N-dealkylation sites (N-methyl/N-ethyl adjacent to an activating group) is 2. The lowest BCUT2D eigenvalue weighted by atomic mass is 10.1. The molecule has 7 heteroatoms. The number of nitrogens with zero attached hydrogens (tertiary/aromatic N) is 5. The molecule has 0 radical (unpaired) electrons. The standard InChI is InChI=1S/C21H29N5O2/c1-6-26(12-11-25(4)21-22-14(2)13-15(3)23-21)20(27)17-9-10-18(28-5)24-19(17)16-7-8-16/h9-10,13,16H,6-8,11-12H2,1-5H3. The Bertz CT molecular complexity index is 830. The van der Waals surface area contributed by atoms with E-state index in [1.165, 1.54) is 0 Å². The van der Waals surface area contributed by atoms with Crippen molar-refractivity contribution in [2.45, 2.75) is 39.5 Å². The zero-order chi connectivity index (χ0) is 20.3. The number of hydrogen-bond acceptors (Lipinski definition) is 6. The number of amides is 1. The molecule has 0 N–H and O–H groups in total. The number of anilines is 1. The molecule has 1 aliphatic rings. The fourth-order valence-corrected chi connectivity index (χ4v) is 3.24. The number of carbonyl (C=O) groups excluding carboxylic acids is 1. The molecule has 7 nitrogen and oxygen atoms in total. The van der Waals surface area contributed by atoms with Crippen LogP contribution < -0.4 is 9.64 Å². The van der Waals surface area contributed by atoms with Crippen LogP contribution in [0, 0.1) is 13.8 Å². The highest BCUT2D eigenvalue weighted by atomic mass is 16.5. The lowest BCUT2D eigenvalue weighted by Gasteiger charge is -2.25. The highest BCUT2D eigenvalue weighted by molar-refractivity contribution is 5.95. The average molecular weight is 383 g/mol. The second-order valence-electron chi connectivity index (χ2n) is 7.32. The summed E-state index contributed by atoms with van der Waals surface area (Å²) in [5, 5.41) is 0. The van der Waals surface area contributed by atoms with Crippen molar-refractivity contribution in [2.75, 3.05) is 38.7 Å². The maximum atomic E-state index is 13.2. The van der Waals surface area contributed by atoms with Crippen molar-refractivity contribution in [2.24, 2.45) is 0 Å². The zero-order valence-corrected chi connectivity index (χ0v) is 17.4. The SMILES string of the molecule is CCN(CCN(C)c1nc(C)cc(C)n1)C(=O)c1ccc(OC)nc1C1CC1. The van der Waals surface area contributed by atoms with Crippen LogP contribution in [0.5, 0.6) is 5.88 Å². The number of ether oxygens (including phenoxy) is 1. The van der Waals surface area contributed by atoms with E-state index in [0.717, 1.165) is 29.9 Å². The first-order valence-corrected chi connectivity index (χ1v) is 9.80. The fraction of sp³-hybridized carbons (Fsp3) is 0.524. The Balaban J connectivity index is 1.72. The molecule has 1 amide bonds. The lowest BCUT2D eigenvalue weighted by molar-refractivity contribution is 0.0767.